The lowest BCUT2D eigenvalue weighted by Gasteiger charge is -2.03. The van der Waals surface area contributed by atoms with Crippen LogP contribution in [0.3, 0.4) is 0 Å². The van der Waals surface area contributed by atoms with Gasteiger partial charge >= 0.3 is 0 Å². The fourth-order valence-electron chi connectivity index (χ4n) is 1.23. The van der Waals surface area contributed by atoms with Crippen molar-refractivity contribution in [2.75, 3.05) is 13.1 Å². The van der Waals surface area contributed by atoms with E-state index in [-0.39, 0.29) is 0 Å². The normalized spacial score (nSPS) is 9.50. The second-order valence-corrected chi connectivity index (χ2v) is 3.48. The lowest BCUT2D eigenvalue weighted by atomic mass is 10.2. The fraction of sp³-hybridized carbons (Fsp3) is 0.615. The Morgan fingerprint density at radius 2 is 2.00 bits per heavy atom. The van der Waals surface area contributed by atoms with Gasteiger partial charge in [0.1, 0.15) is 0 Å². The predicted octanol–water partition coefficient (Wildman–Crippen LogP) is 2.24. The molecule has 0 atom stereocenters. The Morgan fingerprint density at radius 1 is 1.25 bits per heavy atom. The van der Waals surface area contributed by atoms with Crippen LogP contribution >= 0.6 is 0 Å². The average Bonchev–Trinajstić information content (AvgIpc) is 2.34. The van der Waals surface area contributed by atoms with Crippen molar-refractivity contribution < 1.29 is 0 Å². The van der Waals surface area contributed by atoms with Gasteiger partial charge in [0.25, 0.3) is 0 Å². The van der Waals surface area contributed by atoms with Gasteiger partial charge in [-0.25, -0.2) is 0 Å². The van der Waals surface area contributed by atoms with E-state index in [0.29, 0.717) is 0 Å². The van der Waals surface area contributed by atoms with Crippen LogP contribution in [0.2, 0.25) is 0 Å². The molecule has 1 heterocycles. The molecule has 0 saturated heterocycles. The fourth-order valence-corrected chi connectivity index (χ4v) is 1.23. The second kappa shape index (κ2) is 10.6. The van der Waals surface area contributed by atoms with Gasteiger partial charge in [0.05, 0.1) is 0 Å². The van der Waals surface area contributed by atoms with E-state index in [4.69, 9.17) is 5.73 Å². The molecular weight excluding hydrogens is 198 g/mol. The standard InChI is InChI=1S/C11H19N3.C2H6/c1-10-4-5-11(9-14-10)8-13-7-3-2-6-12;1-2/h4-5,9,13H,2-3,6-8,12H2,1H3;1-2H3. The quantitative estimate of drug-likeness (QED) is 0.727. The number of hydrogen-bond acceptors (Lipinski definition) is 3. The molecule has 16 heavy (non-hydrogen) atoms. The minimum atomic E-state index is 0.785. The first-order valence-electron chi connectivity index (χ1n) is 6.15. The Morgan fingerprint density at radius 3 is 2.56 bits per heavy atom. The van der Waals surface area contributed by atoms with Crippen LogP contribution in [0.5, 0.6) is 0 Å². The predicted molar refractivity (Wildman–Crippen MR) is 70.3 cm³/mol. The van der Waals surface area contributed by atoms with Gasteiger partial charge in [-0.3, -0.25) is 4.98 Å². The number of hydrogen-bond donors (Lipinski definition) is 2. The van der Waals surface area contributed by atoms with Crippen molar-refractivity contribution in [3.8, 4) is 0 Å². The molecule has 0 aromatic carbocycles. The maximum Gasteiger partial charge on any atom is 0.0372 e. The molecule has 0 fully saturated rings. The van der Waals surface area contributed by atoms with Gasteiger partial charge in [-0.2, -0.15) is 0 Å². The summed E-state index contributed by atoms with van der Waals surface area (Å²) in [5.41, 5.74) is 7.71. The van der Waals surface area contributed by atoms with Crippen molar-refractivity contribution >= 4 is 0 Å². The summed E-state index contributed by atoms with van der Waals surface area (Å²) < 4.78 is 0. The van der Waals surface area contributed by atoms with Crippen LogP contribution in [-0.4, -0.2) is 18.1 Å². The molecule has 0 aliphatic heterocycles. The van der Waals surface area contributed by atoms with E-state index in [9.17, 15) is 0 Å². The van der Waals surface area contributed by atoms with Gasteiger partial charge < -0.3 is 11.1 Å². The highest BCUT2D eigenvalue weighted by molar-refractivity contribution is 5.12. The molecule has 92 valence electrons. The van der Waals surface area contributed by atoms with Crippen LogP contribution in [0.4, 0.5) is 0 Å². The van der Waals surface area contributed by atoms with E-state index in [1.807, 2.05) is 33.0 Å². The molecule has 3 heteroatoms. The summed E-state index contributed by atoms with van der Waals surface area (Å²) in [6, 6.07) is 4.15. The van der Waals surface area contributed by atoms with E-state index < -0.39 is 0 Å². The number of rotatable bonds is 6. The van der Waals surface area contributed by atoms with Gasteiger partial charge in [0, 0.05) is 18.4 Å². The highest BCUT2D eigenvalue weighted by Crippen LogP contribution is 1.98. The van der Waals surface area contributed by atoms with E-state index in [0.717, 1.165) is 38.2 Å². The van der Waals surface area contributed by atoms with Crippen LogP contribution in [-0.2, 0) is 6.54 Å². The van der Waals surface area contributed by atoms with Crippen LogP contribution in [0.1, 0.15) is 37.9 Å². The monoisotopic (exact) mass is 223 g/mol. The minimum Gasteiger partial charge on any atom is -0.330 e. The van der Waals surface area contributed by atoms with Gasteiger partial charge in [0.15, 0.2) is 0 Å². The number of pyridine rings is 1. The van der Waals surface area contributed by atoms with Crippen LogP contribution in [0.15, 0.2) is 18.3 Å². The van der Waals surface area contributed by atoms with E-state index >= 15 is 0 Å². The molecule has 0 amide bonds. The zero-order chi connectivity index (χ0) is 12.2. The highest BCUT2D eigenvalue weighted by Gasteiger charge is 1.92. The first-order valence-corrected chi connectivity index (χ1v) is 6.15. The highest BCUT2D eigenvalue weighted by atomic mass is 14.8. The second-order valence-electron chi connectivity index (χ2n) is 3.48. The summed E-state index contributed by atoms with van der Waals surface area (Å²) in [7, 11) is 0. The smallest absolute Gasteiger partial charge is 0.0372 e. The molecule has 3 nitrogen and oxygen atoms in total. The maximum absolute atomic E-state index is 5.40. The molecule has 1 aromatic rings. The number of nitrogens with two attached hydrogens (primary N) is 1. The van der Waals surface area contributed by atoms with Crippen molar-refractivity contribution in [3.05, 3.63) is 29.6 Å². The number of unbranched alkanes of at least 4 members (excludes halogenated alkanes) is 1. The first kappa shape index (κ1) is 15.1. The molecule has 0 aliphatic carbocycles. The van der Waals surface area contributed by atoms with E-state index in [1.54, 1.807) is 0 Å². The number of nitrogens with zero attached hydrogens (tertiary/aromatic N) is 1. The summed E-state index contributed by atoms with van der Waals surface area (Å²) in [5, 5.41) is 3.36. The van der Waals surface area contributed by atoms with Crippen molar-refractivity contribution in [2.45, 2.75) is 40.2 Å². The molecule has 1 rings (SSSR count). The number of nitrogens with one attached hydrogen (secondary N) is 1. The van der Waals surface area contributed by atoms with Crippen molar-refractivity contribution in [1.82, 2.24) is 10.3 Å². The Labute approximate surface area is 99.5 Å². The van der Waals surface area contributed by atoms with Gasteiger partial charge in [-0.05, 0) is 44.5 Å². The molecule has 1 aromatic heterocycles. The summed E-state index contributed by atoms with van der Waals surface area (Å²) >= 11 is 0. The zero-order valence-corrected chi connectivity index (χ0v) is 10.8. The third-order valence-corrected chi connectivity index (χ3v) is 2.11. The molecular formula is C13H25N3. The summed E-state index contributed by atoms with van der Waals surface area (Å²) in [5.74, 6) is 0. The van der Waals surface area contributed by atoms with Crippen molar-refractivity contribution in [3.63, 3.8) is 0 Å². The van der Waals surface area contributed by atoms with Gasteiger partial charge in [-0.1, -0.05) is 19.9 Å². The van der Waals surface area contributed by atoms with Crippen LogP contribution in [0.25, 0.3) is 0 Å². The number of aromatic nitrogens is 1. The summed E-state index contributed by atoms with van der Waals surface area (Å²) in [6.45, 7) is 8.72. The van der Waals surface area contributed by atoms with E-state index in [1.165, 1.54) is 5.56 Å². The van der Waals surface area contributed by atoms with Crippen LogP contribution < -0.4 is 11.1 Å². The number of aryl methyl sites for hydroxylation is 1. The molecule has 0 aliphatic rings. The average molecular weight is 223 g/mol. The topological polar surface area (TPSA) is 50.9 Å². The SMILES string of the molecule is CC.Cc1ccc(CNCCCCN)cn1. The van der Waals surface area contributed by atoms with Crippen molar-refractivity contribution in [1.29, 1.82) is 0 Å². The largest absolute Gasteiger partial charge is 0.330 e. The van der Waals surface area contributed by atoms with Crippen LogP contribution in [0, 0.1) is 6.92 Å². The Kier molecular flexibility index (Phi) is 9.97. The molecule has 0 saturated carbocycles. The molecule has 0 radical (unpaired) electrons. The van der Waals surface area contributed by atoms with Crippen molar-refractivity contribution in [2.24, 2.45) is 5.73 Å². The molecule has 0 bridgehead atoms. The van der Waals surface area contributed by atoms with E-state index in [2.05, 4.69) is 16.4 Å². The Balaban J connectivity index is 0.00000106. The van der Waals surface area contributed by atoms with Gasteiger partial charge in [0.2, 0.25) is 0 Å². The third-order valence-electron chi connectivity index (χ3n) is 2.11. The maximum atomic E-state index is 5.40. The Bertz CT molecular complexity index is 244. The Hall–Kier alpha value is -0.930. The molecule has 3 N–H and O–H groups in total. The molecule has 0 unspecified atom stereocenters. The molecule has 0 spiro atoms. The summed E-state index contributed by atoms with van der Waals surface area (Å²) in [6.07, 6.45) is 4.17. The summed E-state index contributed by atoms with van der Waals surface area (Å²) in [4.78, 5) is 4.23. The first-order chi connectivity index (χ1) is 7.83. The van der Waals surface area contributed by atoms with Gasteiger partial charge in [-0.15, -0.1) is 0 Å². The minimum absolute atomic E-state index is 0.785. The zero-order valence-electron chi connectivity index (χ0n) is 10.8. The lowest BCUT2D eigenvalue weighted by molar-refractivity contribution is 0.626. The third kappa shape index (κ3) is 7.37. The lowest BCUT2D eigenvalue weighted by Crippen LogP contribution is -2.15.